The summed E-state index contributed by atoms with van der Waals surface area (Å²) in [5.74, 6) is -2.16. The maximum absolute atomic E-state index is 12.8. The van der Waals surface area contributed by atoms with Gasteiger partial charge in [0.25, 0.3) is 5.91 Å². The molecule has 8 heteroatoms. The van der Waals surface area contributed by atoms with E-state index in [1.165, 1.54) is 24.3 Å². The van der Waals surface area contributed by atoms with E-state index in [-0.39, 0.29) is 11.3 Å². The van der Waals surface area contributed by atoms with Gasteiger partial charge in [-0.15, -0.1) is 0 Å². The Hall–Kier alpha value is -2.77. The van der Waals surface area contributed by atoms with Gasteiger partial charge in [-0.25, -0.2) is 4.79 Å². The first-order valence-corrected chi connectivity index (χ1v) is 6.42. The number of carbonyl (C=O) groups is 2. The highest BCUT2D eigenvalue weighted by molar-refractivity contribution is 6.05. The normalized spacial score (nSPS) is 11.1. The minimum absolute atomic E-state index is 0.0594. The van der Waals surface area contributed by atoms with Crippen molar-refractivity contribution in [3.05, 3.63) is 54.0 Å². The Morgan fingerprint density at radius 3 is 2.43 bits per heavy atom. The summed E-state index contributed by atoms with van der Waals surface area (Å²) >= 11 is 0. The van der Waals surface area contributed by atoms with Crippen LogP contribution in [0, 0.1) is 0 Å². The number of hydrogen-bond donors (Lipinski definition) is 0. The van der Waals surface area contributed by atoms with Crippen LogP contribution in [0.25, 0.3) is 0 Å². The maximum Gasteiger partial charge on any atom is 0.406 e. The van der Waals surface area contributed by atoms with Gasteiger partial charge in [0.2, 0.25) is 0 Å². The van der Waals surface area contributed by atoms with E-state index < -0.39 is 30.4 Å². The highest BCUT2D eigenvalue weighted by atomic mass is 19.4. The molecule has 0 aliphatic heterocycles. The number of halogens is 3. The summed E-state index contributed by atoms with van der Waals surface area (Å²) in [5, 5.41) is 0. The number of para-hydroxylation sites is 1. The van der Waals surface area contributed by atoms with E-state index >= 15 is 0 Å². The fourth-order valence-electron chi connectivity index (χ4n) is 1.87. The van der Waals surface area contributed by atoms with E-state index in [2.05, 4.69) is 4.74 Å². The van der Waals surface area contributed by atoms with Crippen molar-refractivity contribution in [2.75, 3.05) is 18.6 Å². The van der Waals surface area contributed by atoms with Gasteiger partial charge in [0.15, 0.2) is 5.76 Å². The predicted octanol–water partition coefficient (Wildman–Crippen LogP) is 3.28. The van der Waals surface area contributed by atoms with Crippen LogP contribution in [0.15, 0.2) is 47.1 Å². The van der Waals surface area contributed by atoms with Gasteiger partial charge in [0.1, 0.15) is 12.8 Å². The number of alkyl halides is 3. The van der Waals surface area contributed by atoms with Crippen LogP contribution in [-0.2, 0) is 4.74 Å². The molecule has 0 atom stereocenters. The van der Waals surface area contributed by atoms with Crippen molar-refractivity contribution in [1.82, 2.24) is 0 Å². The Balaban J connectivity index is 2.33. The molecule has 0 aliphatic rings. The number of ether oxygens (including phenoxy) is 1. The molecule has 0 radical (unpaired) electrons. The second-order valence-corrected chi connectivity index (χ2v) is 4.53. The van der Waals surface area contributed by atoms with Gasteiger partial charge >= 0.3 is 12.1 Å². The van der Waals surface area contributed by atoms with Gasteiger partial charge in [0.05, 0.1) is 12.7 Å². The lowest BCUT2D eigenvalue weighted by Gasteiger charge is -2.23. The quantitative estimate of drug-likeness (QED) is 0.809. The maximum atomic E-state index is 12.8. The van der Waals surface area contributed by atoms with Crippen molar-refractivity contribution >= 4 is 17.6 Å². The van der Waals surface area contributed by atoms with E-state index in [0.717, 1.165) is 19.4 Å². The number of anilines is 1. The lowest BCUT2D eigenvalue weighted by molar-refractivity contribution is -0.118. The van der Waals surface area contributed by atoms with E-state index in [4.69, 9.17) is 4.42 Å². The molecule has 0 spiro atoms. The van der Waals surface area contributed by atoms with Crippen LogP contribution in [0.3, 0.4) is 0 Å². The summed E-state index contributed by atoms with van der Waals surface area (Å²) in [4.78, 5) is 24.2. The first kappa shape index (κ1) is 16.6. The highest BCUT2D eigenvalue weighted by Gasteiger charge is 2.35. The van der Waals surface area contributed by atoms with Gasteiger partial charge in [-0.1, -0.05) is 18.2 Å². The minimum atomic E-state index is -4.59. The first-order chi connectivity index (χ1) is 10.8. The average Bonchev–Trinajstić information content (AvgIpc) is 3.01. The molecule has 1 amide bonds. The summed E-state index contributed by atoms with van der Waals surface area (Å²) in [7, 11) is 1.14. The number of nitrogens with zero attached hydrogens (tertiary/aromatic N) is 1. The number of amides is 1. The van der Waals surface area contributed by atoms with Crippen LogP contribution >= 0.6 is 0 Å². The summed E-state index contributed by atoms with van der Waals surface area (Å²) in [6, 6.07) is 8.41. The summed E-state index contributed by atoms with van der Waals surface area (Å²) in [6.07, 6.45) is -3.64. The molecular formula is C15H12F3NO4. The fraction of sp³-hybridized carbons (Fsp3) is 0.200. The number of benzene rings is 1. The Labute approximate surface area is 129 Å². The predicted molar refractivity (Wildman–Crippen MR) is 74.2 cm³/mol. The number of hydrogen-bond acceptors (Lipinski definition) is 4. The zero-order valence-electron chi connectivity index (χ0n) is 12.0. The number of methoxy groups -OCH3 is 1. The zero-order valence-corrected chi connectivity index (χ0v) is 12.0. The Morgan fingerprint density at radius 2 is 1.87 bits per heavy atom. The molecule has 5 nitrogen and oxygen atoms in total. The van der Waals surface area contributed by atoms with Crippen LogP contribution in [0.4, 0.5) is 18.9 Å². The molecule has 2 aromatic rings. The van der Waals surface area contributed by atoms with Crippen molar-refractivity contribution in [1.29, 1.82) is 0 Å². The molecule has 0 unspecified atom stereocenters. The van der Waals surface area contributed by atoms with Crippen LogP contribution in [0.1, 0.15) is 20.9 Å². The molecule has 0 fully saturated rings. The van der Waals surface area contributed by atoms with Crippen LogP contribution in [0.5, 0.6) is 0 Å². The lowest BCUT2D eigenvalue weighted by atomic mass is 10.2. The summed E-state index contributed by atoms with van der Waals surface area (Å²) in [5.41, 5.74) is 0.00159. The van der Waals surface area contributed by atoms with Crippen molar-refractivity contribution in [3.8, 4) is 0 Å². The summed E-state index contributed by atoms with van der Waals surface area (Å²) < 4.78 is 47.6. The molecule has 122 valence electrons. The number of furan rings is 1. The third kappa shape index (κ3) is 4.12. The van der Waals surface area contributed by atoms with E-state index in [0.29, 0.717) is 4.90 Å². The van der Waals surface area contributed by atoms with E-state index in [1.54, 1.807) is 6.07 Å². The number of esters is 1. The van der Waals surface area contributed by atoms with Gasteiger partial charge in [0, 0.05) is 11.8 Å². The molecule has 0 aliphatic carbocycles. The zero-order chi connectivity index (χ0) is 17.0. The van der Waals surface area contributed by atoms with Crippen LogP contribution in [0.2, 0.25) is 0 Å². The van der Waals surface area contributed by atoms with Crippen molar-refractivity contribution in [2.24, 2.45) is 0 Å². The van der Waals surface area contributed by atoms with Crippen LogP contribution in [-0.4, -0.2) is 31.7 Å². The van der Waals surface area contributed by atoms with Gasteiger partial charge in [-0.05, 0) is 12.1 Å². The first-order valence-electron chi connectivity index (χ1n) is 6.42. The van der Waals surface area contributed by atoms with Gasteiger partial charge < -0.3 is 9.15 Å². The molecule has 0 saturated heterocycles. The molecule has 1 aromatic carbocycles. The monoisotopic (exact) mass is 327 g/mol. The summed E-state index contributed by atoms with van der Waals surface area (Å²) in [6.45, 7) is -1.48. The SMILES string of the molecule is COC(=O)c1coc(C(=O)N(CC(F)(F)F)c2ccccc2)c1. The van der Waals surface area contributed by atoms with Crippen LogP contribution < -0.4 is 4.90 Å². The van der Waals surface area contributed by atoms with Gasteiger partial charge in [-0.3, -0.25) is 9.69 Å². The lowest BCUT2D eigenvalue weighted by Crippen LogP contribution is -2.39. The standard InChI is InChI=1S/C15H12F3NO4/c1-22-14(21)10-7-12(23-8-10)13(20)19(9-15(16,17)18)11-5-3-2-4-6-11/h2-8H,9H2,1H3. The Kier molecular flexibility index (Phi) is 4.73. The molecule has 2 rings (SSSR count). The molecule has 0 saturated carbocycles. The van der Waals surface area contributed by atoms with Crippen molar-refractivity contribution in [3.63, 3.8) is 0 Å². The molecule has 1 aromatic heterocycles. The fourth-order valence-corrected chi connectivity index (χ4v) is 1.87. The second kappa shape index (κ2) is 6.55. The second-order valence-electron chi connectivity index (χ2n) is 4.53. The highest BCUT2D eigenvalue weighted by Crippen LogP contribution is 2.24. The van der Waals surface area contributed by atoms with Crippen molar-refractivity contribution < 1.29 is 31.9 Å². The third-order valence-electron chi connectivity index (χ3n) is 2.88. The molecule has 0 N–H and O–H groups in total. The molecule has 1 heterocycles. The number of rotatable bonds is 4. The topological polar surface area (TPSA) is 59.8 Å². The minimum Gasteiger partial charge on any atom is -0.465 e. The Bertz CT molecular complexity index is 694. The smallest absolute Gasteiger partial charge is 0.406 e. The Morgan fingerprint density at radius 1 is 1.22 bits per heavy atom. The molecule has 23 heavy (non-hydrogen) atoms. The van der Waals surface area contributed by atoms with E-state index in [9.17, 15) is 22.8 Å². The average molecular weight is 327 g/mol. The molecule has 0 bridgehead atoms. The third-order valence-corrected chi connectivity index (χ3v) is 2.88. The van der Waals surface area contributed by atoms with Gasteiger partial charge in [-0.2, -0.15) is 13.2 Å². The largest absolute Gasteiger partial charge is 0.465 e. The molecular weight excluding hydrogens is 315 g/mol. The van der Waals surface area contributed by atoms with Crippen molar-refractivity contribution in [2.45, 2.75) is 6.18 Å². The van der Waals surface area contributed by atoms with E-state index in [1.807, 2.05) is 0 Å². The number of carbonyl (C=O) groups excluding carboxylic acids is 2.